The predicted octanol–water partition coefficient (Wildman–Crippen LogP) is 5.96. The molecule has 37 heavy (non-hydrogen) atoms. The minimum atomic E-state index is 0.0902. The minimum Gasteiger partial charge on any atom is -0.396 e. The second-order valence-corrected chi connectivity index (χ2v) is 12.7. The summed E-state index contributed by atoms with van der Waals surface area (Å²) in [6, 6.07) is 13.5. The van der Waals surface area contributed by atoms with Gasteiger partial charge in [0, 0.05) is 37.4 Å². The van der Waals surface area contributed by atoms with E-state index in [4.69, 9.17) is 10.1 Å². The van der Waals surface area contributed by atoms with Crippen LogP contribution in [0.5, 0.6) is 0 Å². The quantitative estimate of drug-likeness (QED) is 0.327. The third kappa shape index (κ3) is 6.55. The van der Waals surface area contributed by atoms with E-state index < -0.39 is 0 Å². The molecule has 0 saturated carbocycles. The number of fused-ring (bicyclic) bond motifs is 1. The van der Waals surface area contributed by atoms with E-state index in [1.54, 1.807) is 0 Å². The molecule has 0 atom stereocenters. The summed E-state index contributed by atoms with van der Waals surface area (Å²) >= 11 is 0. The molecule has 2 heterocycles. The number of hydrogen-bond donors (Lipinski definition) is 3. The van der Waals surface area contributed by atoms with Gasteiger partial charge in [-0.3, -0.25) is 0 Å². The zero-order chi connectivity index (χ0) is 26.5. The summed E-state index contributed by atoms with van der Waals surface area (Å²) in [5.41, 5.74) is 5.74. The first-order valence-corrected chi connectivity index (χ1v) is 14.5. The molecule has 1 fully saturated rings. The van der Waals surface area contributed by atoms with Crippen molar-refractivity contribution in [1.82, 2.24) is 10.3 Å². The number of unbranched alkanes of at least 4 members (excludes halogenated alkanes) is 2. The first-order valence-electron chi connectivity index (χ1n) is 14.5. The highest BCUT2D eigenvalue weighted by atomic mass is 16.3. The molecule has 204 valence electrons. The van der Waals surface area contributed by atoms with E-state index in [2.05, 4.69) is 74.3 Å². The van der Waals surface area contributed by atoms with Crippen molar-refractivity contribution in [3.05, 3.63) is 47.5 Å². The number of piperidine rings is 1. The van der Waals surface area contributed by atoms with Crippen molar-refractivity contribution in [1.29, 1.82) is 0 Å². The molecule has 5 heteroatoms. The Hall–Kier alpha value is -1.95. The molecule has 0 bridgehead atoms. The molecule has 0 unspecified atom stereocenters. The second-order valence-electron chi connectivity index (χ2n) is 12.7. The lowest BCUT2D eigenvalue weighted by molar-refractivity contribution is 0.203. The molecule has 0 amide bonds. The number of nitrogens with one attached hydrogen (secondary N) is 1. The Bertz CT molecular complexity index is 1020. The van der Waals surface area contributed by atoms with Crippen LogP contribution in [0.25, 0.3) is 11.3 Å². The summed E-state index contributed by atoms with van der Waals surface area (Å²) in [5, 5.41) is 22.4. The lowest BCUT2D eigenvalue weighted by Crippen LogP contribution is -2.54. The van der Waals surface area contributed by atoms with Gasteiger partial charge in [-0.05, 0) is 104 Å². The van der Waals surface area contributed by atoms with Gasteiger partial charge in [0.25, 0.3) is 0 Å². The van der Waals surface area contributed by atoms with E-state index in [-0.39, 0.29) is 29.6 Å². The average molecular weight is 508 g/mol. The van der Waals surface area contributed by atoms with Crippen molar-refractivity contribution >= 4 is 5.82 Å². The molecule has 1 saturated heterocycles. The monoisotopic (exact) mass is 507 g/mol. The molecular formula is C32H49N3O2. The van der Waals surface area contributed by atoms with Gasteiger partial charge in [0.2, 0.25) is 0 Å². The Morgan fingerprint density at radius 3 is 2.22 bits per heavy atom. The van der Waals surface area contributed by atoms with Gasteiger partial charge < -0.3 is 20.4 Å². The van der Waals surface area contributed by atoms with Gasteiger partial charge >= 0.3 is 0 Å². The molecule has 1 aliphatic heterocycles. The SMILES string of the molecule is CC1(C)CCC(C)(C)c2cc(-c3cccc(N4CCC(CCCO)(NCCCCCO)CC4)n3)ccc21. The molecule has 0 spiro atoms. The van der Waals surface area contributed by atoms with Crippen LogP contribution in [0.2, 0.25) is 0 Å². The smallest absolute Gasteiger partial charge is 0.129 e. The van der Waals surface area contributed by atoms with E-state index in [1.165, 1.54) is 29.5 Å². The number of hydrogen-bond acceptors (Lipinski definition) is 5. The predicted molar refractivity (Wildman–Crippen MR) is 154 cm³/mol. The first kappa shape index (κ1) is 28.1. The molecule has 3 N–H and O–H groups in total. The standard InChI is InChI=1S/C32H49N3O2/c1-30(2)15-16-31(3,4)27-24-25(12-13-26(27)30)28-10-8-11-29(34-28)35-20-17-32(18-21-35,14-9-23-37)33-19-6-5-7-22-36/h8,10-13,24,33,36-37H,5-7,9,14-23H2,1-4H3. The molecule has 5 nitrogen and oxygen atoms in total. The maximum absolute atomic E-state index is 9.48. The number of rotatable bonds is 11. The highest BCUT2D eigenvalue weighted by Gasteiger charge is 2.37. The van der Waals surface area contributed by atoms with Gasteiger partial charge in [-0.15, -0.1) is 0 Å². The number of aromatic nitrogens is 1. The van der Waals surface area contributed by atoms with Crippen molar-refractivity contribution < 1.29 is 10.2 Å². The molecule has 0 radical (unpaired) electrons. The summed E-state index contributed by atoms with van der Waals surface area (Å²) in [5.74, 6) is 1.06. The van der Waals surface area contributed by atoms with Gasteiger partial charge in [-0.25, -0.2) is 4.98 Å². The Morgan fingerprint density at radius 1 is 0.811 bits per heavy atom. The number of nitrogens with zero attached hydrogens (tertiary/aromatic N) is 2. The van der Waals surface area contributed by atoms with Crippen molar-refractivity contribution in [3.63, 3.8) is 0 Å². The summed E-state index contributed by atoms with van der Waals surface area (Å²) in [6.45, 7) is 13.0. The maximum Gasteiger partial charge on any atom is 0.129 e. The summed E-state index contributed by atoms with van der Waals surface area (Å²) in [4.78, 5) is 7.58. The zero-order valence-corrected chi connectivity index (χ0v) is 23.7. The number of pyridine rings is 1. The van der Waals surface area contributed by atoms with Crippen LogP contribution in [0.1, 0.15) is 96.6 Å². The fourth-order valence-electron chi connectivity index (χ4n) is 6.37. The topological polar surface area (TPSA) is 68.6 Å². The Kier molecular flexibility index (Phi) is 8.98. The summed E-state index contributed by atoms with van der Waals surface area (Å²) in [6.07, 6.45) is 9.42. The van der Waals surface area contributed by atoms with E-state index >= 15 is 0 Å². The lowest BCUT2D eigenvalue weighted by Gasteiger charge is -2.43. The van der Waals surface area contributed by atoms with E-state index in [0.717, 1.165) is 76.1 Å². The lowest BCUT2D eigenvalue weighted by atomic mass is 9.63. The van der Waals surface area contributed by atoms with E-state index in [1.807, 2.05) is 0 Å². The molecule has 1 aliphatic carbocycles. The van der Waals surface area contributed by atoms with Gasteiger partial charge in [0.1, 0.15) is 5.82 Å². The van der Waals surface area contributed by atoms with Crippen LogP contribution in [-0.2, 0) is 10.8 Å². The van der Waals surface area contributed by atoms with Crippen LogP contribution in [-0.4, -0.2) is 53.6 Å². The average Bonchev–Trinajstić information content (AvgIpc) is 2.90. The van der Waals surface area contributed by atoms with Crippen LogP contribution in [0, 0.1) is 0 Å². The number of anilines is 1. The fourth-order valence-corrected chi connectivity index (χ4v) is 6.37. The van der Waals surface area contributed by atoms with Gasteiger partial charge in [0.05, 0.1) is 5.69 Å². The third-order valence-electron chi connectivity index (χ3n) is 9.08. The maximum atomic E-state index is 9.48. The van der Waals surface area contributed by atoms with Crippen LogP contribution in [0.3, 0.4) is 0 Å². The second kappa shape index (κ2) is 11.8. The van der Waals surface area contributed by atoms with Crippen molar-refractivity contribution in [2.75, 3.05) is 37.7 Å². The molecule has 2 aliphatic rings. The molecule has 1 aromatic carbocycles. The van der Waals surface area contributed by atoms with E-state index in [0.29, 0.717) is 0 Å². The van der Waals surface area contributed by atoms with E-state index in [9.17, 15) is 5.11 Å². The molecule has 2 aromatic rings. The minimum absolute atomic E-state index is 0.0902. The van der Waals surface area contributed by atoms with Gasteiger partial charge in [-0.2, -0.15) is 0 Å². The highest BCUT2D eigenvalue weighted by Crippen LogP contribution is 2.46. The van der Waals surface area contributed by atoms with Crippen molar-refractivity contribution in [2.45, 2.75) is 102 Å². The largest absolute Gasteiger partial charge is 0.396 e. The fraction of sp³-hybridized carbons (Fsp3) is 0.656. The van der Waals surface area contributed by atoms with Gasteiger partial charge in [-0.1, -0.05) is 45.9 Å². The van der Waals surface area contributed by atoms with Crippen LogP contribution >= 0.6 is 0 Å². The molecule has 4 rings (SSSR count). The van der Waals surface area contributed by atoms with Gasteiger partial charge in [0.15, 0.2) is 0 Å². The number of benzene rings is 1. The van der Waals surface area contributed by atoms with Crippen molar-refractivity contribution in [2.24, 2.45) is 0 Å². The molecular weight excluding hydrogens is 458 g/mol. The Morgan fingerprint density at radius 2 is 1.51 bits per heavy atom. The summed E-state index contributed by atoms with van der Waals surface area (Å²) < 4.78 is 0. The Balaban J connectivity index is 1.47. The Labute approximate surface area is 224 Å². The first-order chi connectivity index (χ1) is 17.7. The molecule has 1 aromatic heterocycles. The normalized spacial score (nSPS) is 20.0. The number of aliphatic hydroxyl groups excluding tert-OH is 2. The zero-order valence-electron chi connectivity index (χ0n) is 23.7. The highest BCUT2D eigenvalue weighted by molar-refractivity contribution is 5.65. The number of aliphatic hydroxyl groups is 2. The van der Waals surface area contributed by atoms with Crippen LogP contribution < -0.4 is 10.2 Å². The van der Waals surface area contributed by atoms with Crippen LogP contribution in [0.15, 0.2) is 36.4 Å². The third-order valence-corrected chi connectivity index (χ3v) is 9.08. The summed E-state index contributed by atoms with van der Waals surface area (Å²) in [7, 11) is 0. The van der Waals surface area contributed by atoms with Crippen molar-refractivity contribution in [3.8, 4) is 11.3 Å². The van der Waals surface area contributed by atoms with Crippen LogP contribution in [0.4, 0.5) is 5.82 Å².